The van der Waals surface area contributed by atoms with Crippen molar-refractivity contribution in [2.75, 3.05) is 0 Å². The summed E-state index contributed by atoms with van der Waals surface area (Å²) in [6.45, 7) is 0. The van der Waals surface area contributed by atoms with Crippen molar-refractivity contribution in [3.05, 3.63) is 0 Å². The van der Waals surface area contributed by atoms with Crippen LogP contribution in [0.2, 0.25) is 0 Å². The van der Waals surface area contributed by atoms with Gasteiger partial charge in [0, 0.05) is 10.7 Å². The normalized spacial score (nSPS) is 23.4. The molecule has 0 heterocycles. The first-order chi connectivity index (χ1) is 9.11. The first kappa shape index (κ1) is 17.3. The molecule has 1 aliphatic carbocycles. The third-order valence-corrected chi connectivity index (χ3v) is 6.22. The fourth-order valence-corrected chi connectivity index (χ4v) is 4.37. The van der Waals surface area contributed by atoms with E-state index in [1.54, 1.807) is 0 Å². The van der Waals surface area contributed by atoms with Crippen LogP contribution in [0.4, 0.5) is 0 Å². The van der Waals surface area contributed by atoms with Crippen molar-refractivity contribution in [3.63, 3.8) is 0 Å². The van der Waals surface area contributed by atoms with Crippen LogP contribution in [-0.4, -0.2) is 13.7 Å². The predicted octanol–water partition coefficient (Wildman–Crippen LogP) is 5.40. The molecular formula is C15H29ClO2S. The Kier molecular flexibility index (Phi) is 9.14. The molecule has 114 valence electrons. The van der Waals surface area contributed by atoms with E-state index < -0.39 is 9.05 Å². The summed E-state index contributed by atoms with van der Waals surface area (Å²) in [7, 11) is 2.20. The number of halogens is 1. The van der Waals surface area contributed by atoms with E-state index >= 15 is 0 Å². The van der Waals surface area contributed by atoms with Crippen LogP contribution in [0.15, 0.2) is 0 Å². The summed E-state index contributed by atoms with van der Waals surface area (Å²) in [6.07, 6.45) is 16.4. The lowest BCUT2D eigenvalue weighted by atomic mass is 10.0. The number of rotatable bonds is 1. The van der Waals surface area contributed by atoms with Gasteiger partial charge in [-0.15, -0.1) is 0 Å². The summed E-state index contributed by atoms with van der Waals surface area (Å²) in [6, 6.07) is 0. The second-order valence-corrected chi connectivity index (χ2v) is 8.83. The fourth-order valence-electron chi connectivity index (χ4n) is 2.94. The summed E-state index contributed by atoms with van der Waals surface area (Å²) in [5.74, 6) is 0. The minimum atomic E-state index is -3.37. The van der Waals surface area contributed by atoms with Crippen molar-refractivity contribution in [2.45, 2.75) is 95.1 Å². The Morgan fingerprint density at radius 3 is 1.11 bits per heavy atom. The molecule has 0 unspecified atom stereocenters. The van der Waals surface area contributed by atoms with Crippen molar-refractivity contribution in [1.82, 2.24) is 0 Å². The molecule has 0 aromatic heterocycles. The van der Waals surface area contributed by atoms with Gasteiger partial charge in [-0.1, -0.05) is 77.0 Å². The third kappa shape index (κ3) is 8.91. The molecule has 1 aliphatic rings. The molecule has 0 N–H and O–H groups in total. The molecule has 1 rings (SSSR count). The highest BCUT2D eigenvalue weighted by Gasteiger charge is 2.21. The SMILES string of the molecule is O=S(=O)(Cl)C1CCCCCCCCCCCCCC1. The lowest BCUT2D eigenvalue weighted by Gasteiger charge is -2.13. The van der Waals surface area contributed by atoms with E-state index in [9.17, 15) is 8.42 Å². The van der Waals surface area contributed by atoms with Crippen LogP contribution in [0.25, 0.3) is 0 Å². The van der Waals surface area contributed by atoms with Crippen LogP contribution in [0.3, 0.4) is 0 Å². The second-order valence-electron chi connectivity index (χ2n) is 5.92. The highest BCUT2D eigenvalue weighted by atomic mass is 35.7. The minimum absolute atomic E-state index is 0.306. The van der Waals surface area contributed by atoms with Crippen LogP contribution in [-0.2, 0) is 9.05 Å². The Morgan fingerprint density at radius 2 is 0.842 bits per heavy atom. The van der Waals surface area contributed by atoms with Gasteiger partial charge in [0.2, 0.25) is 9.05 Å². The van der Waals surface area contributed by atoms with Crippen molar-refractivity contribution in [1.29, 1.82) is 0 Å². The third-order valence-electron chi connectivity index (χ3n) is 4.20. The van der Waals surface area contributed by atoms with Gasteiger partial charge in [-0.2, -0.15) is 0 Å². The zero-order valence-corrected chi connectivity index (χ0v) is 13.7. The standard InChI is InChI=1S/C15H29ClO2S/c16-19(17,18)15-13-11-9-7-5-3-1-2-4-6-8-10-12-14-15/h15H,1-14H2. The number of hydrogen-bond acceptors (Lipinski definition) is 2. The zero-order chi connectivity index (χ0) is 14.0. The van der Waals surface area contributed by atoms with Crippen molar-refractivity contribution >= 4 is 19.7 Å². The molecule has 0 saturated heterocycles. The minimum Gasteiger partial charge on any atom is -0.212 e. The molecule has 0 aromatic rings. The molecule has 0 radical (unpaired) electrons. The Bertz CT molecular complexity index is 298. The van der Waals surface area contributed by atoms with E-state index in [2.05, 4.69) is 0 Å². The van der Waals surface area contributed by atoms with E-state index in [4.69, 9.17) is 10.7 Å². The summed E-state index contributed by atoms with van der Waals surface area (Å²) < 4.78 is 23.1. The van der Waals surface area contributed by atoms with Crippen molar-refractivity contribution in [3.8, 4) is 0 Å². The molecule has 2 nitrogen and oxygen atoms in total. The van der Waals surface area contributed by atoms with E-state index in [-0.39, 0.29) is 5.25 Å². The van der Waals surface area contributed by atoms with Gasteiger partial charge in [-0.25, -0.2) is 8.42 Å². The quantitative estimate of drug-likeness (QED) is 0.608. The Labute approximate surface area is 123 Å². The smallest absolute Gasteiger partial charge is 0.212 e. The molecule has 0 atom stereocenters. The largest absolute Gasteiger partial charge is 0.235 e. The summed E-state index contributed by atoms with van der Waals surface area (Å²) in [5, 5.41) is -0.306. The number of hydrogen-bond donors (Lipinski definition) is 0. The van der Waals surface area contributed by atoms with Crippen LogP contribution in [0, 0.1) is 0 Å². The molecule has 0 amide bonds. The van der Waals surface area contributed by atoms with Gasteiger partial charge in [-0.05, 0) is 12.8 Å². The molecule has 0 aliphatic heterocycles. The van der Waals surface area contributed by atoms with Gasteiger partial charge >= 0.3 is 0 Å². The van der Waals surface area contributed by atoms with Gasteiger partial charge in [0.25, 0.3) is 0 Å². The Morgan fingerprint density at radius 1 is 0.579 bits per heavy atom. The maximum Gasteiger partial charge on any atom is 0.235 e. The average Bonchev–Trinajstić information content (AvgIpc) is 2.35. The maximum absolute atomic E-state index is 11.5. The monoisotopic (exact) mass is 308 g/mol. The molecule has 1 fully saturated rings. The molecule has 0 aromatic carbocycles. The lowest BCUT2D eigenvalue weighted by Crippen LogP contribution is -2.16. The van der Waals surface area contributed by atoms with Gasteiger partial charge in [-0.3, -0.25) is 0 Å². The van der Waals surface area contributed by atoms with E-state index in [1.165, 1.54) is 51.4 Å². The first-order valence-electron chi connectivity index (χ1n) is 8.04. The summed E-state index contributed by atoms with van der Waals surface area (Å²) >= 11 is 0. The molecule has 1 saturated carbocycles. The highest BCUT2D eigenvalue weighted by molar-refractivity contribution is 8.14. The van der Waals surface area contributed by atoms with Gasteiger partial charge in [0.15, 0.2) is 0 Å². The van der Waals surface area contributed by atoms with Gasteiger partial charge < -0.3 is 0 Å². The topological polar surface area (TPSA) is 34.1 Å². The molecular weight excluding hydrogens is 280 g/mol. The van der Waals surface area contributed by atoms with Crippen LogP contribution >= 0.6 is 10.7 Å². The molecule has 0 spiro atoms. The van der Waals surface area contributed by atoms with Crippen molar-refractivity contribution < 1.29 is 8.42 Å². The van der Waals surface area contributed by atoms with Crippen LogP contribution < -0.4 is 0 Å². The van der Waals surface area contributed by atoms with E-state index in [0.29, 0.717) is 0 Å². The van der Waals surface area contributed by atoms with E-state index in [0.717, 1.165) is 38.5 Å². The van der Waals surface area contributed by atoms with Gasteiger partial charge in [0.1, 0.15) is 0 Å². The molecule has 4 heteroatoms. The van der Waals surface area contributed by atoms with Crippen LogP contribution in [0.5, 0.6) is 0 Å². The highest BCUT2D eigenvalue weighted by Crippen LogP contribution is 2.23. The summed E-state index contributed by atoms with van der Waals surface area (Å²) in [5.41, 5.74) is 0. The fraction of sp³-hybridized carbons (Fsp3) is 1.00. The Balaban J connectivity index is 2.38. The molecule has 0 bridgehead atoms. The lowest BCUT2D eigenvalue weighted by molar-refractivity contribution is 0.526. The molecule has 19 heavy (non-hydrogen) atoms. The van der Waals surface area contributed by atoms with Gasteiger partial charge in [0.05, 0.1) is 5.25 Å². The average molecular weight is 309 g/mol. The maximum atomic E-state index is 11.5. The zero-order valence-electron chi connectivity index (χ0n) is 12.1. The summed E-state index contributed by atoms with van der Waals surface area (Å²) in [4.78, 5) is 0. The Hall–Kier alpha value is 0.240. The first-order valence-corrected chi connectivity index (χ1v) is 10.4. The predicted molar refractivity (Wildman–Crippen MR) is 83.2 cm³/mol. The van der Waals surface area contributed by atoms with E-state index in [1.807, 2.05) is 0 Å². The van der Waals surface area contributed by atoms with Crippen molar-refractivity contribution in [2.24, 2.45) is 0 Å². The second kappa shape index (κ2) is 10.0. The van der Waals surface area contributed by atoms with Crippen LogP contribution in [0.1, 0.15) is 89.9 Å².